The molecule has 284 valence electrons. The number of phosphoric ester groups is 1. The minimum atomic E-state index is -4.25. The smallest absolute Gasteiger partial charge is 0.462 e. The van der Waals surface area contributed by atoms with Crippen LogP contribution in [0.2, 0.25) is 0 Å². The summed E-state index contributed by atoms with van der Waals surface area (Å²) >= 11 is 0. The van der Waals surface area contributed by atoms with Gasteiger partial charge in [-0.3, -0.25) is 18.6 Å². The van der Waals surface area contributed by atoms with Gasteiger partial charge in [0.2, 0.25) is 0 Å². The molecule has 0 saturated carbocycles. The number of ether oxygens (including phenoxy) is 2. The summed E-state index contributed by atoms with van der Waals surface area (Å²) in [6, 6.07) is 0. The van der Waals surface area contributed by atoms with Gasteiger partial charge in [0.1, 0.15) is 6.61 Å². The summed E-state index contributed by atoms with van der Waals surface area (Å²) in [6.45, 7) is 3.88. The van der Waals surface area contributed by atoms with E-state index < -0.39 is 26.5 Å². The third-order valence-corrected chi connectivity index (χ3v) is 9.70. The van der Waals surface area contributed by atoms with Gasteiger partial charge in [-0.2, -0.15) is 0 Å². The van der Waals surface area contributed by atoms with Crippen molar-refractivity contribution in [3.05, 3.63) is 12.2 Å². The summed E-state index contributed by atoms with van der Waals surface area (Å²) in [7, 11) is -3.19. The first-order valence-electron chi connectivity index (χ1n) is 19.9. The van der Waals surface area contributed by atoms with Gasteiger partial charge in [-0.05, 0) is 38.5 Å². The molecule has 0 aromatic carbocycles. The van der Waals surface area contributed by atoms with Crippen LogP contribution in [0.4, 0.5) is 0 Å². The van der Waals surface area contributed by atoms with Crippen LogP contribution < -0.4 is 0 Å². The number of rotatable bonds is 37. The lowest BCUT2D eigenvalue weighted by atomic mass is 10.0. The van der Waals surface area contributed by atoms with Gasteiger partial charge in [-0.1, -0.05) is 161 Å². The second-order valence-corrected chi connectivity index (χ2v) is 15.0. The van der Waals surface area contributed by atoms with E-state index in [1.165, 1.54) is 116 Å². The highest BCUT2D eigenvalue weighted by atomic mass is 31.2. The molecule has 0 amide bonds. The topological polar surface area (TPSA) is 108 Å². The average molecular weight is 703 g/mol. The normalized spacial score (nSPS) is 13.5. The molecule has 2 atom stereocenters. The fourth-order valence-electron chi connectivity index (χ4n) is 5.65. The van der Waals surface area contributed by atoms with Gasteiger partial charge in [-0.25, -0.2) is 4.57 Å². The highest BCUT2D eigenvalue weighted by molar-refractivity contribution is 7.47. The Balaban J connectivity index is 4.03. The molecule has 0 bridgehead atoms. The van der Waals surface area contributed by atoms with E-state index in [2.05, 4.69) is 30.5 Å². The molecule has 0 rings (SSSR count). The molecule has 0 spiro atoms. The van der Waals surface area contributed by atoms with Crippen molar-refractivity contribution in [2.24, 2.45) is 0 Å². The zero-order valence-corrected chi connectivity index (χ0v) is 32.3. The Hall–Kier alpha value is -1.21. The molecule has 8 nitrogen and oxygen atoms in total. The van der Waals surface area contributed by atoms with E-state index in [1.54, 1.807) is 0 Å². The third-order valence-electron chi connectivity index (χ3n) is 8.76. The van der Waals surface area contributed by atoms with Crippen molar-refractivity contribution in [3.63, 3.8) is 0 Å². The minimum absolute atomic E-state index is 0.223. The zero-order chi connectivity index (χ0) is 35.4. The van der Waals surface area contributed by atoms with Crippen molar-refractivity contribution < 1.29 is 37.6 Å². The van der Waals surface area contributed by atoms with Crippen LogP contribution in [0.3, 0.4) is 0 Å². The number of hydrogen-bond donors (Lipinski definition) is 1. The maximum absolute atomic E-state index is 12.5. The second-order valence-electron chi connectivity index (χ2n) is 13.4. The number of esters is 2. The van der Waals surface area contributed by atoms with E-state index in [0.717, 1.165) is 58.5 Å². The lowest BCUT2D eigenvalue weighted by Crippen LogP contribution is -2.29. The first-order chi connectivity index (χ1) is 23.3. The average Bonchev–Trinajstić information content (AvgIpc) is 3.07. The molecule has 0 aromatic heterocycles. The van der Waals surface area contributed by atoms with Crippen LogP contribution in [0.5, 0.6) is 0 Å². The quantitative estimate of drug-likeness (QED) is 0.0295. The molecule has 0 fully saturated rings. The molecule has 48 heavy (non-hydrogen) atoms. The molecule has 0 aliphatic rings. The number of phosphoric acid groups is 1. The van der Waals surface area contributed by atoms with E-state index >= 15 is 0 Å². The van der Waals surface area contributed by atoms with Gasteiger partial charge in [0.05, 0.1) is 6.61 Å². The summed E-state index contributed by atoms with van der Waals surface area (Å²) in [4.78, 5) is 34.3. The second kappa shape index (κ2) is 35.6. The summed E-state index contributed by atoms with van der Waals surface area (Å²) in [5.74, 6) is -0.805. The number of unbranched alkanes of at least 4 members (excludes halogenated alkanes) is 24. The molecule has 2 unspecified atom stereocenters. The number of allylic oxidation sites excluding steroid dienone is 2. The van der Waals surface area contributed by atoms with Crippen LogP contribution in [0.15, 0.2) is 12.2 Å². The Morgan fingerprint density at radius 1 is 0.562 bits per heavy atom. The molecule has 1 N–H and O–H groups in total. The predicted molar refractivity (Wildman–Crippen MR) is 198 cm³/mol. The fraction of sp³-hybridized carbons (Fsp3) is 0.897. The highest BCUT2D eigenvalue weighted by Gasteiger charge is 2.24. The largest absolute Gasteiger partial charge is 0.472 e. The molecule has 0 aromatic rings. The van der Waals surface area contributed by atoms with E-state index in [9.17, 15) is 19.0 Å². The summed E-state index contributed by atoms with van der Waals surface area (Å²) in [5, 5.41) is 0. The fourth-order valence-corrected chi connectivity index (χ4v) is 6.11. The van der Waals surface area contributed by atoms with Crippen LogP contribution in [0.1, 0.15) is 200 Å². The molecular weight excluding hydrogens is 627 g/mol. The van der Waals surface area contributed by atoms with Crippen LogP contribution in [-0.4, -0.2) is 43.3 Å². The summed E-state index contributed by atoms with van der Waals surface area (Å²) in [5.41, 5.74) is 0. The van der Waals surface area contributed by atoms with Gasteiger partial charge in [0, 0.05) is 20.0 Å². The van der Waals surface area contributed by atoms with E-state index in [4.69, 9.17) is 14.0 Å². The van der Waals surface area contributed by atoms with E-state index in [1.807, 2.05) is 0 Å². The van der Waals surface area contributed by atoms with Crippen LogP contribution in [0, 0.1) is 0 Å². The monoisotopic (exact) mass is 703 g/mol. The maximum atomic E-state index is 12.5. The maximum Gasteiger partial charge on any atom is 0.472 e. The van der Waals surface area contributed by atoms with Crippen molar-refractivity contribution in [2.75, 3.05) is 20.3 Å². The highest BCUT2D eigenvalue weighted by Crippen LogP contribution is 2.42. The molecule has 0 heterocycles. The van der Waals surface area contributed by atoms with Crippen molar-refractivity contribution >= 4 is 19.8 Å². The molecule has 0 radical (unpaired) electrons. The van der Waals surface area contributed by atoms with Crippen LogP contribution in [0.25, 0.3) is 0 Å². The Labute approximate surface area is 295 Å². The van der Waals surface area contributed by atoms with Gasteiger partial charge in [0.25, 0.3) is 0 Å². The molecule has 9 heteroatoms. The third kappa shape index (κ3) is 34.6. The SMILES string of the molecule is CCCCCCCCC/C=C\CCCCCCCC(=O)OC(COC(=O)CCCCCCCCCCCCCCC)COP(=O)(O)OC. The predicted octanol–water partition coefficient (Wildman–Crippen LogP) is 12.1. The van der Waals surface area contributed by atoms with Gasteiger partial charge in [-0.15, -0.1) is 0 Å². The zero-order valence-electron chi connectivity index (χ0n) is 31.4. The lowest BCUT2D eigenvalue weighted by Gasteiger charge is -2.19. The first-order valence-corrected chi connectivity index (χ1v) is 21.4. The molecular formula is C39H75O8P. The van der Waals surface area contributed by atoms with E-state index in [0.29, 0.717) is 12.8 Å². The Kier molecular flexibility index (Phi) is 34.7. The van der Waals surface area contributed by atoms with Gasteiger partial charge < -0.3 is 14.4 Å². The molecule has 0 aliphatic heterocycles. The summed E-state index contributed by atoms with van der Waals surface area (Å²) in [6.07, 6.45) is 36.9. The van der Waals surface area contributed by atoms with Crippen molar-refractivity contribution in [2.45, 2.75) is 206 Å². The molecule has 0 aliphatic carbocycles. The van der Waals surface area contributed by atoms with Crippen molar-refractivity contribution in [3.8, 4) is 0 Å². The van der Waals surface area contributed by atoms with Crippen molar-refractivity contribution in [1.82, 2.24) is 0 Å². The first kappa shape index (κ1) is 46.8. The number of carbonyl (C=O) groups is 2. The van der Waals surface area contributed by atoms with Crippen LogP contribution in [-0.2, 0) is 32.7 Å². The van der Waals surface area contributed by atoms with Gasteiger partial charge in [0.15, 0.2) is 6.10 Å². The standard InChI is InChI=1S/C39H75O8P/c1-4-6-8-10-12-14-16-18-19-20-22-24-26-28-30-32-34-39(41)47-37(36-46-48(42,43)44-3)35-45-38(40)33-31-29-27-25-23-21-17-15-13-11-9-7-5-2/h19-20,37H,4-18,21-36H2,1-3H3,(H,42,43)/b20-19-. The van der Waals surface area contributed by atoms with Crippen LogP contribution >= 0.6 is 7.82 Å². The lowest BCUT2D eigenvalue weighted by molar-refractivity contribution is -0.161. The Morgan fingerprint density at radius 3 is 1.35 bits per heavy atom. The number of carbonyl (C=O) groups excluding carboxylic acids is 2. The van der Waals surface area contributed by atoms with E-state index in [-0.39, 0.29) is 19.0 Å². The Morgan fingerprint density at radius 2 is 0.938 bits per heavy atom. The Bertz CT molecular complexity index is 803. The number of hydrogen-bond acceptors (Lipinski definition) is 7. The summed E-state index contributed by atoms with van der Waals surface area (Å²) < 4.78 is 31.9. The molecule has 0 saturated heterocycles. The minimum Gasteiger partial charge on any atom is -0.462 e. The van der Waals surface area contributed by atoms with Gasteiger partial charge >= 0.3 is 19.8 Å². The van der Waals surface area contributed by atoms with Crippen molar-refractivity contribution in [1.29, 1.82) is 0 Å².